The Labute approximate surface area is 187 Å². The number of esters is 2. The number of hydrogen-bond donors (Lipinski definition) is 0. The van der Waals surface area contributed by atoms with Crippen LogP contribution in [0, 0.1) is 11.6 Å². The topological polar surface area (TPSA) is 52.6 Å². The van der Waals surface area contributed by atoms with Gasteiger partial charge in [-0.25, -0.2) is 18.4 Å². The number of hydrogen-bond acceptors (Lipinski definition) is 4. The number of carbonyl (C=O) groups excluding carboxylic acids is 2. The molecule has 1 aromatic carbocycles. The third kappa shape index (κ3) is 6.36. The molecule has 2 rings (SSSR count). The van der Waals surface area contributed by atoms with E-state index in [1.165, 1.54) is 0 Å². The fraction of sp³-hybridized carbons (Fsp3) is 0.308. The number of carbonyl (C=O) groups is 2. The largest absolute Gasteiger partial charge is 0.455 e. The summed E-state index contributed by atoms with van der Waals surface area (Å²) >= 11 is 0. The first-order chi connectivity index (χ1) is 15.0. The summed E-state index contributed by atoms with van der Waals surface area (Å²) in [5.74, 6) is -3.32. The van der Waals surface area contributed by atoms with Crippen molar-refractivity contribution in [2.24, 2.45) is 0 Å². The molecule has 32 heavy (non-hydrogen) atoms. The average molecular weight is 443 g/mol. The molecule has 6 heteroatoms. The number of allylic oxidation sites excluding steroid dienone is 4. The number of halogens is 2. The van der Waals surface area contributed by atoms with Gasteiger partial charge in [-0.3, -0.25) is 0 Å². The van der Waals surface area contributed by atoms with Crippen molar-refractivity contribution < 1.29 is 27.8 Å². The van der Waals surface area contributed by atoms with Crippen molar-refractivity contribution in [2.45, 2.75) is 52.1 Å². The maximum absolute atomic E-state index is 14.9. The molecule has 0 N–H and O–H groups in total. The van der Waals surface area contributed by atoms with E-state index >= 15 is 0 Å². The van der Waals surface area contributed by atoms with Gasteiger partial charge in [0.2, 0.25) is 0 Å². The first kappa shape index (κ1) is 25.0. The maximum Gasteiger partial charge on any atom is 0.338 e. The van der Waals surface area contributed by atoms with Crippen LogP contribution in [0.4, 0.5) is 8.78 Å². The van der Waals surface area contributed by atoms with Gasteiger partial charge < -0.3 is 9.47 Å². The second kappa shape index (κ2) is 10.8. The molecule has 1 aromatic rings. The van der Waals surface area contributed by atoms with Crippen LogP contribution in [0.2, 0.25) is 0 Å². The smallest absolute Gasteiger partial charge is 0.338 e. The molecule has 0 aliphatic heterocycles. The summed E-state index contributed by atoms with van der Waals surface area (Å²) in [5, 5.41) is 0. The Morgan fingerprint density at radius 1 is 1.06 bits per heavy atom. The minimum atomic E-state index is -0.914. The van der Waals surface area contributed by atoms with Gasteiger partial charge in [-0.1, -0.05) is 44.4 Å². The highest BCUT2D eigenvalue weighted by Crippen LogP contribution is 2.33. The molecule has 4 nitrogen and oxygen atoms in total. The standard InChI is InChI=1S/C26H28F2O4/c1-15(2)25(29)31-18(6)8-7-17(5)21-13-14-22(24(28)23(21)27)19-9-11-20(12-10-19)32-26(30)16(3)4/h7-9,11-14,17-19H,1,3,10H2,2,4-6H3/b8-7-. The van der Waals surface area contributed by atoms with Gasteiger partial charge >= 0.3 is 11.9 Å². The van der Waals surface area contributed by atoms with Crippen molar-refractivity contribution in [3.05, 3.63) is 95.3 Å². The van der Waals surface area contributed by atoms with Crippen LogP contribution in [-0.4, -0.2) is 18.0 Å². The lowest BCUT2D eigenvalue weighted by Crippen LogP contribution is -2.13. The molecule has 0 fully saturated rings. The van der Waals surface area contributed by atoms with Crippen molar-refractivity contribution in [1.29, 1.82) is 0 Å². The summed E-state index contributed by atoms with van der Waals surface area (Å²) in [6.07, 6.45) is 8.04. The SMILES string of the molecule is C=C(C)C(=O)OC1=CCC(c2ccc(C(C)/C=C\C(C)OC(=O)C(=C)C)c(F)c2F)C=C1. The highest BCUT2D eigenvalue weighted by molar-refractivity contribution is 5.88. The fourth-order valence-corrected chi connectivity index (χ4v) is 3.05. The molecule has 0 saturated carbocycles. The van der Waals surface area contributed by atoms with Gasteiger partial charge in [0, 0.05) is 23.0 Å². The third-order valence-corrected chi connectivity index (χ3v) is 4.97. The molecule has 1 aliphatic carbocycles. The summed E-state index contributed by atoms with van der Waals surface area (Å²) in [5.41, 5.74) is 0.989. The van der Waals surface area contributed by atoms with Crippen LogP contribution in [-0.2, 0) is 19.1 Å². The Hall–Kier alpha value is -3.28. The zero-order valence-corrected chi connectivity index (χ0v) is 18.8. The molecule has 0 spiro atoms. The zero-order chi connectivity index (χ0) is 24.0. The lowest BCUT2D eigenvalue weighted by atomic mass is 9.89. The molecule has 0 amide bonds. The predicted octanol–water partition coefficient (Wildman–Crippen LogP) is 6.18. The molecule has 3 unspecified atom stereocenters. The van der Waals surface area contributed by atoms with Gasteiger partial charge in [0.05, 0.1) is 0 Å². The van der Waals surface area contributed by atoms with E-state index in [1.54, 1.807) is 70.2 Å². The highest BCUT2D eigenvalue weighted by atomic mass is 19.2. The molecule has 0 heterocycles. The van der Waals surface area contributed by atoms with E-state index in [1.807, 2.05) is 0 Å². The van der Waals surface area contributed by atoms with Gasteiger partial charge in [0.25, 0.3) is 0 Å². The van der Waals surface area contributed by atoms with Crippen LogP contribution in [0.15, 0.2) is 72.6 Å². The molecule has 170 valence electrons. The monoisotopic (exact) mass is 442 g/mol. The molecule has 3 atom stereocenters. The van der Waals surface area contributed by atoms with Gasteiger partial charge in [0.15, 0.2) is 11.6 Å². The lowest BCUT2D eigenvalue weighted by Gasteiger charge is -2.19. The summed E-state index contributed by atoms with van der Waals surface area (Å²) in [6.45, 7) is 13.5. The number of rotatable bonds is 8. The maximum atomic E-state index is 14.9. The minimum Gasteiger partial charge on any atom is -0.455 e. The normalized spacial score (nSPS) is 17.4. The van der Waals surface area contributed by atoms with Gasteiger partial charge in [-0.05, 0) is 56.5 Å². The van der Waals surface area contributed by atoms with Crippen LogP contribution in [0.3, 0.4) is 0 Å². The second-order valence-corrected chi connectivity index (χ2v) is 7.91. The van der Waals surface area contributed by atoms with Crippen LogP contribution < -0.4 is 0 Å². The van der Waals surface area contributed by atoms with Crippen molar-refractivity contribution in [1.82, 2.24) is 0 Å². The predicted molar refractivity (Wildman–Crippen MR) is 120 cm³/mol. The van der Waals surface area contributed by atoms with Crippen molar-refractivity contribution in [2.75, 3.05) is 0 Å². The lowest BCUT2D eigenvalue weighted by molar-refractivity contribution is -0.141. The first-order valence-corrected chi connectivity index (χ1v) is 10.3. The summed E-state index contributed by atoms with van der Waals surface area (Å²) in [7, 11) is 0. The van der Waals surface area contributed by atoms with E-state index in [4.69, 9.17) is 9.47 Å². The second-order valence-electron chi connectivity index (χ2n) is 7.91. The molecular formula is C26H28F2O4. The van der Waals surface area contributed by atoms with Crippen molar-refractivity contribution >= 4 is 11.9 Å². The third-order valence-electron chi connectivity index (χ3n) is 4.97. The first-order valence-electron chi connectivity index (χ1n) is 10.3. The quantitative estimate of drug-likeness (QED) is 0.274. The highest BCUT2D eigenvalue weighted by Gasteiger charge is 2.22. The van der Waals surface area contributed by atoms with E-state index in [0.717, 1.165) is 0 Å². The number of benzene rings is 1. The Morgan fingerprint density at radius 2 is 1.72 bits per heavy atom. The molecule has 0 saturated heterocycles. The fourth-order valence-electron chi connectivity index (χ4n) is 3.05. The molecule has 0 radical (unpaired) electrons. The molecular weight excluding hydrogens is 414 g/mol. The van der Waals surface area contributed by atoms with Crippen LogP contribution in [0.25, 0.3) is 0 Å². The van der Waals surface area contributed by atoms with Crippen LogP contribution in [0.5, 0.6) is 0 Å². The summed E-state index contributed by atoms with van der Waals surface area (Å²) in [4.78, 5) is 23.2. The van der Waals surface area contributed by atoms with E-state index in [0.29, 0.717) is 12.2 Å². The van der Waals surface area contributed by atoms with Gasteiger partial charge in [-0.15, -0.1) is 0 Å². The average Bonchev–Trinajstić information content (AvgIpc) is 2.74. The molecule has 1 aliphatic rings. The summed E-state index contributed by atoms with van der Waals surface area (Å²) < 4.78 is 40.0. The van der Waals surface area contributed by atoms with Crippen LogP contribution >= 0.6 is 0 Å². The van der Waals surface area contributed by atoms with E-state index in [-0.39, 0.29) is 28.2 Å². The van der Waals surface area contributed by atoms with E-state index < -0.39 is 35.6 Å². The van der Waals surface area contributed by atoms with Gasteiger partial charge in [0.1, 0.15) is 11.9 Å². The van der Waals surface area contributed by atoms with Crippen molar-refractivity contribution in [3.8, 4) is 0 Å². The Morgan fingerprint density at radius 3 is 2.28 bits per heavy atom. The Bertz CT molecular complexity index is 1020. The Kier molecular flexibility index (Phi) is 8.47. The molecule has 0 bridgehead atoms. The van der Waals surface area contributed by atoms with E-state index in [2.05, 4.69) is 13.2 Å². The van der Waals surface area contributed by atoms with Crippen molar-refractivity contribution in [3.63, 3.8) is 0 Å². The zero-order valence-electron chi connectivity index (χ0n) is 18.8. The Balaban J connectivity index is 2.10. The van der Waals surface area contributed by atoms with Crippen LogP contribution in [0.1, 0.15) is 57.1 Å². The number of ether oxygens (including phenoxy) is 2. The summed E-state index contributed by atoms with van der Waals surface area (Å²) in [6, 6.07) is 3.12. The van der Waals surface area contributed by atoms with E-state index in [9.17, 15) is 18.4 Å². The molecule has 0 aromatic heterocycles. The minimum absolute atomic E-state index is 0.201. The van der Waals surface area contributed by atoms with Gasteiger partial charge in [-0.2, -0.15) is 0 Å².